The molecule has 0 spiro atoms. The van der Waals surface area contributed by atoms with Gasteiger partial charge in [-0.25, -0.2) is 4.79 Å². The molecule has 7 heteroatoms. The highest BCUT2D eigenvalue weighted by molar-refractivity contribution is 7.80. The number of carbonyl (C=O) groups excluding carboxylic acids is 1. The van der Waals surface area contributed by atoms with Gasteiger partial charge in [0, 0.05) is 43.3 Å². The van der Waals surface area contributed by atoms with Gasteiger partial charge in [0.1, 0.15) is 0 Å². The van der Waals surface area contributed by atoms with Crippen LogP contribution in [0.4, 0.5) is 0 Å². The topological polar surface area (TPSA) is 72.9 Å². The van der Waals surface area contributed by atoms with Crippen LogP contribution in [0.2, 0.25) is 0 Å². The Balaban J connectivity index is 2.05. The number of carboxylic acids is 1. The highest BCUT2D eigenvalue weighted by atomic mass is 32.1. The molecule has 1 aliphatic rings. The Morgan fingerprint density at radius 3 is 2.54 bits per heavy atom. The molecule has 28 heavy (non-hydrogen) atoms. The van der Waals surface area contributed by atoms with E-state index < -0.39 is 5.97 Å². The summed E-state index contributed by atoms with van der Waals surface area (Å²) >= 11 is 4.30. The van der Waals surface area contributed by atoms with Gasteiger partial charge in [-0.05, 0) is 31.7 Å². The van der Waals surface area contributed by atoms with Crippen LogP contribution in [0.25, 0.3) is 0 Å². The van der Waals surface area contributed by atoms with Gasteiger partial charge in [0.15, 0.2) is 0 Å². The summed E-state index contributed by atoms with van der Waals surface area (Å²) in [4.78, 5) is 28.6. The monoisotopic (exact) mass is 401 g/mol. The average molecular weight is 402 g/mol. The lowest BCUT2D eigenvalue weighted by molar-refractivity contribution is -0.132. The van der Waals surface area contributed by atoms with E-state index in [-0.39, 0.29) is 11.5 Å². The largest absolute Gasteiger partial charge is 0.478 e. The summed E-state index contributed by atoms with van der Waals surface area (Å²) in [6.07, 6.45) is 5.54. The number of likely N-dealkylation sites (N-methyl/N-ethyl adjacent to an activating group) is 1. The van der Waals surface area contributed by atoms with Gasteiger partial charge in [0.05, 0.1) is 11.1 Å². The molecule has 2 rings (SSSR count). The minimum Gasteiger partial charge on any atom is -0.478 e. The lowest BCUT2D eigenvalue weighted by atomic mass is 10.1. The van der Waals surface area contributed by atoms with Crippen LogP contribution < -0.4 is 5.32 Å². The van der Waals surface area contributed by atoms with Crippen LogP contribution >= 0.6 is 12.6 Å². The second kappa shape index (κ2) is 10.7. The molecule has 0 aliphatic carbocycles. The second-order valence-electron chi connectivity index (χ2n) is 6.59. The van der Waals surface area contributed by atoms with E-state index in [0.29, 0.717) is 23.4 Å². The van der Waals surface area contributed by atoms with Gasteiger partial charge in [-0.1, -0.05) is 30.9 Å². The summed E-state index contributed by atoms with van der Waals surface area (Å²) in [5, 5.41) is 12.2. The van der Waals surface area contributed by atoms with Crippen molar-refractivity contribution in [2.45, 2.75) is 11.3 Å². The number of carboxylic acid groups (broad SMARTS) is 1. The van der Waals surface area contributed by atoms with E-state index in [1.807, 2.05) is 12.1 Å². The molecule has 0 atom stereocenters. The molecular formula is C21H27N3O3S. The van der Waals surface area contributed by atoms with Crippen molar-refractivity contribution < 1.29 is 14.7 Å². The van der Waals surface area contributed by atoms with E-state index in [9.17, 15) is 14.7 Å². The predicted octanol–water partition coefficient (Wildman–Crippen LogP) is 2.42. The fourth-order valence-electron chi connectivity index (χ4n) is 2.88. The standard InChI is InChI=1S/C21H27N3O3S/c1-3-16(21(26)27)15-17(24-13-11-23(2)12-14-24)7-6-10-22-20(25)18-8-4-5-9-19(18)28/h3-5,7-9,15,28H,1,6,10-14H2,2H3,(H,22,25)(H,26,27)/b16-15+,17-7+. The Morgan fingerprint density at radius 2 is 1.93 bits per heavy atom. The highest BCUT2D eigenvalue weighted by Crippen LogP contribution is 2.15. The van der Waals surface area contributed by atoms with E-state index in [1.165, 1.54) is 6.08 Å². The first-order valence-corrected chi connectivity index (χ1v) is 9.64. The lowest BCUT2D eigenvalue weighted by Crippen LogP contribution is -2.43. The second-order valence-corrected chi connectivity index (χ2v) is 7.07. The Morgan fingerprint density at radius 1 is 1.25 bits per heavy atom. The van der Waals surface area contributed by atoms with Gasteiger partial charge in [-0.3, -0.25) is 4.79 Å². The number of allylic oxidation sites excluding steroid dienone is 1. The Labute approximate surface area is 171 Å². The van der Waals surface area contributed by atoms with Gasteiger partial charge in [0.2, 0.25) is 0 Å². The molecule has 0 radical (unpaired) electrons. The third kappa shape index (κ3) is 6.28. The number of hydrogen-bond donors (Lipinski definition) is 3. The van der Waals surface area contributed by atoms with Gasteiger partial charge in [0.25, 0.3) is 5.91 Å². The van der Waals surface area contributed by atoms with Gasteiger partial charge >= 0.3 is 5.97 Å². The van der Waals surface area contributed by atoms with Crippen LogP contribution in [0.3, 0.4) is 0 Å². The van der Waals surface area contributed by atoms with Crippen molar-refractivity contribution in [3.8, 4) is 0 Å². The maximum Gasteiger partial charge on any atom is 0.335 e. The molecule has 1 aromatic rings. The van der Waals surface area contributed by atoms with E-state index in [0.717, 1.165) is 31.9 Å². The molecule has 1 amide bonds. The van der Waals surface area contributed by atoms with Crippen LogP contribution in [0.1, 0.15) is 16.8 Å². The number of carbonyl (C=O) groups is 2. The molecule has 0 unspecified atom stereocenters. The molecule has 2 N–H and O–H groups in total. The molecule has 1 aliphatic heterocycles. The van der Waals surface area contributed by atoms with Crippen molar-refractivity contribution in [1.82, 2.24) is 15.1 Å². The number of thiol groups is 1. The van der Waals surface area contributed by atoms with Gasteiger partial charge in [-0.15, -0.1) is 12.6 Å². The molecule has 1 saturated heterocycles. The van der Waals surface area contributed by atoms with E-state index in [1.54, 1.807) is 24.3 Å². The fourth-order valence-corrected chi connectivity index (χ4v) is 3.14. The molecule has 0 saturated carbocycles. The van der Waals surface area contributed by atoms with Crippen LogP contribution in [0.5, 0.6) is 0 Å². The zero-order valence-corrected chi connectivity index (χ0v) is 17.0. The third-order valence-corrected chi connectivity index (χ3v) is 4.96. The van der Waals surface area contributed by atoms with Crippen LogP contribution in [0.15, 0.2) is 65.2 Å². The predicted molar refractivity (Wildman–Crippen MR) is 114 cm³/mol. The number of benzene rings is 1. The number of aliphatic carboxylic acids is 1. The summed E-state index contributed by atoms with van der Waals surface area (Å²) in [6, 6.07) is 7.13. The van der Waals surface area contributed by atoms with Crippen molar-refractivity contribution in [2.24, 2.45) is 0 Å². The van der Waals surface area contributed by atoms with Crippen LogP contribution in [-0.2, 0) is 4.79 Å². The molecule has 1 fully saturated rings. The normalized spacial score (nSPS) is 16.0. The Bertz CT molecular complexity index is 781. The first kappa shape index (κ1) is 21.8. The van der Waals surface area contributed by atoms with Crippen LogP contribution in [-0.4, -0.2) is 66.6 Å². The quantitative estimate of drug-likeness (QED) is 0.270. The smallest absolute Gasteiger partial charge is 0.335 e. The summed E-state index contributed by atoms with van der Waals surface area (Å²) in [5.41, 5.74) is 1.53. The number of nitrogens with one attached hydrogen (secondary N) is 1. The number of rotatable bonds is 8. The fraction of sp³-hybridized carbons (Fsp3) is 0.333. The molecule has 150 valence electrons. The minimum atomic E-state index is -1.01. The van der Waals surface area contributed by atoms with Crippen molar-refractivity contribution in [2.75, 3.05) is 39.8 Å². The van der Waals surface area contributed by atoms with Crippen molar-refractivity contribution in [1.29, 1.82) is 0 Å². The average Bonchev–Trinajstić information content (AvgIpc) is 2.68. The van der Waals surface area contributed by atoms with Crippen molar-refractivity contribution in [3.63, 3.8) is 0 Å². The lowest BCUT2D eigenvalue weighted by Gasteiger charge is -2.35. The maximum atomic E-state index is 12.3. The van der Waals surface area contributed by atoms with Gasteiger partial charge < -0.3 is 20.2 Å². The number of piperazine rings is 1. The zero-order valence-electron chi connectivity index (χ0n) is 16.1. The van der Waals surface area contributed by atoms with Gasteiger partial charge in [-0.2, -0.15) is 0 Å². The van der Waals surface area contributed by atoms with E-state index in [2.05, 4.69) is 41.4 Å². The Hall–Kier alpha value is -2.51. The van der Waals surface area contributed by atoms with E-state index >= 15 is 0 Å². The minimum absolute atomic E-state index is 0.151. The first-order valence-electron chi connectivity index (χ1n) is 9.19. The summed E-state index contributed by atoms with van der Waals surface area (Å²) < 4.78 is 0. The number of amides is 1. The maximum absolute atomic E-state index is 12.3. The molecule has 1 aromatic carbocycles. The third-order valence-electron chi connectivity index (χ3n) is 4.57. The van der Waals surface area contributed by atoms with Crippen molar-refractivity contribution in [3.05, 3.63) is 65.9 Å². The molecule has 6 nitrogen and oxygen atoms in total. The first-order chi connectivity index (χ1) is 13.4. The molecule has 0 bridgehead atoms. The summed E-state index contributed by atoms with van der Waals surface area (Å²) in [5.74, 6) is -1.18. The van der Waals surface area contributed by atoms with Crippen molar-refractivity contribution >= 4 is 24.5 Å². The van der Waals surface area contributed by atoms with E-state index in [4.69, 9.17) is 0 Å². The Kier molecular flexibility index (Phi) is 8.35. The highest BCUT2D eigenvalue weighted by Gasteiger charge is 2.16. The summed E-state index contributed by atoms with van der Waals surface area (Å²) in [6.45, 7) is 7.50. The number of hydrogen-bond acceptors (Lipinski definition) is 5. The number of nitrogens with zero attached hydrogens (tertiary/aromatic N) is 2. The molecule has 0 aromatic heterocycles. The summed E-state index contributed by atoms with van der Waals surface area (Å²) in [7, 11) is 2.07. The zero-order chi connectivity index (χ0) is 20.5. The molecule has 1 heterocycles. The molecular weight excluding hydrogens is 374 g/mol. The SMILES string of the molecule is C=C/C(=C\C(=C/CCNC(=O)c1ccccc1S)N1CCN(C)CC1)C(=O)O. The van der Waals surface area contributed by atoms with Crippen LogP contribution in [0, 0.1) is 0 Å².